The van der Waals surface area contributed by atoms with Crippen molar-refractivity contribution in [3.63, 3.8) is 0 Å². The minimum atomic E-state index is 0.296. The molecule has 4 rings (SSSR count). The van der Waals surface area contributed by atoms with Crippen LogP contribution in [0.4, 0.5) is 0 Å². The van der Waals surface area contributed by atoms with Crippen LogP contribution >= 0.6 is 0 Å². The molecule has 2 N–H and O–H groups in total. The molecule has 2 atom stereocenters. The van der Waals surface area contributed by atoms with Crippen molar-refractivity contribution in [1.29, 1.82) is 0 Å². The highest BCUT2D eigenvalue weighted by Crippen LogP contribution is 2.30. The summed E-state index contributed by atoms with van der Waals surface area (Å²) >= 11 is 0. The van der Waals surface area contributed by atoms with Crippen molar-refractivity contribution in [2.45, 2.75) is 33.2 Å². The summed E-state index contributed by atoms with van der Waals surface area (Å²) in [6.45, 7) is 9.03. The van der Waals surface area contributed by atoms with E-state index in [9.17, 15) is 4.79 Å². The maximum Gasteiger partial charge on any atom is 0.278 e. The van der Waals surface area contributed by atoms with Crippen molar-refractivity contribution in [1.82, 2.24) is 9.88 Å². The van der Waals surface area contributed by atoms with Crippen molar-refractivity contribution < 1.29 is 14.4 Å². The molecule has 5 heteroatoms. The van der Waals surface area contributed by atoms with E-state index in [1.54, 1.807) is 7.11 Å². The number of H-pyrrole nitrogens is 1. The zero-order chi connectivity index (χ0) is 18.3. The van der Waals surface area contributed by atoms with E-state index in [-0.39, 0.29) is 0 Å². The molecular weight excluding hydrogens is 326 g/mol. The number of rotatable bonds is 3. The average Bonchev–Trinajstić information content (AvgIpc) is 2.97. The summed E-state index contributed by atoms with van der Waals surface area (Å²) in [5.41, 5.74) is 3.66. The molecule has 3 heterocycles. The minimum Gasteiger partial charge on any atom is -0.497 e. The van der Waals surface area contributed by atoms with E-state index in [1.807, 2.05) is 11.0 Å². The molecule has 0 bridgehead atoms. The first-order chi connectivity index (χ1) is 12.5. The van der Waals surface area contributed by atoms with Crippen molar-refractivity contribution >= 4 is 16.8 Å². The molecule has 2 aliphatic rings. The number of aromatic amines is 1. The Hall–Kier alpha value is -2.01. The van der Waals surface area contributed by atoms with Gasteiger partial charge in [-0.3, -0.25) is 4.79 Å². The summed E-state index contributed by atoms with van der Waals surface area (Å²) in [4.78, 5) is 20.0. The molecular formula is C21H30N3O2+. The highest BCUT2D eigenvalue weighted by molar-refractivity contribution is 5.87. The molecule has 0 aliphatic carbocycles. The molecule has 1 aromatic heterocycles. The maximum atomic E-state index is 12.9. The molecule has 140 valence electrons. The quantitative estimate of drug-likeness (QED) is 0.878. The van der Waals surface area contributed by atoms with Crippen LogP contribution in [0.2, 0.25) is 0 Å². The van der Waals surface area contributed by atoms with E-state index in [0.717, 1.165) is 49.2 Å². The predicted octanol–water partition coefficient (Wildman–Crippen LogP) is 1.62. The van der Waals surface area contributed by atoms with E-state index in [2.05, 4.69) is 31.0 Å². The van der Waals surface area contributed by atoms with E-state index in [0.29, 0.717) is 19.0 Å². The van der Waals surface area contributed by atoms with Crippen molar-refractivity contribution in [3.05, 3.63) is 29.5 Å². The van der Waals surface area contributed by atoms with Gasteiger partial charge in [-0.15, -0.1) is 0 Å². The lowest BCUT2D eigenvalue weighted by Gasteiger charge is -2.34. The summed E-state index contributed by atoms with van der Waals surface area (Å²) in [5, 5.41) is 1.18. The van der Waals surface area contributed by atoms with Crippen LogP contribution in [0.1, 0.15) is 31.5 Å². The smallest absolute Gasteiger partial charge is 0.278 e. The Morgan fingerprint density at radius 2 is 2.08 bits per heavy atom. The fourth-order valence-corrected chi connectivity index (χ4v) is 4.93. The Kier molecular flexibility index (Phi) is 4.65. The molecule has 0 saturated carbocycles. The van der Waals surface area contributed by atoms with Crippen molar-refractivity contribution in [2.24, 2.45) is 11.8 Å². The molecule has 0 unspecified atom stereocenters. The zero-order valence-electron chi connectivity index (χ0n) is 16.1. The molecule has 0 radical (unpaired) electrons. The summed E-state index contributed by atoms with van der Waals surface area (Å²) in [5.74, 6) is 2.60. The lowest BCUT2D eigenvalue weighted by atomic mass is 9.92. The third-order valence-electron chi connectivity index (χ3n) is 6.02. The molecule has 26 heavy (non-hydrogen) atoms. The van der Waals surface area contributed by atoms with Crippen LogP contribution in [0.3, 0.4) is 0 Å². The van der Waals surface area contributed by atoms with E-state index in [4.69, 9.17) is 4.74 Å². The van der Waals surface area contributed by atoms with Crippen molar-refractivity contribution in [2.75, 3.05) is 33.3 Å². The molecule has 1 fully saturated rings. The number of likely N-dealkylation sites (tertiary alicyclic amines) is 1. The number of carbonyl (C=O) groups is 1. The fourth-order valence-electron chi connectivity index (χ4n) is 4.93. The van der Waals surface area contributed by atoms with Gasteiger partial charge in [0, 0.05) is 53.5 Å². The number of fused-ring (bicyclic) bond motifs is 3. The average molecular weight is 356 g/mol. The third kappa shape index (κ3) is 3.32. The summed E-state index contributed by atoms with van der Waals surface area (Å²) in [6.07, 6.45) is 2.20. The maximum absolute atomic E-state index is 12.9. The molecule has 1 amide bonds. The van der Waals surface area contributed by atoms with Gasteiger partial charge in [-0.25, -0.2) is 0 Å². The molecule has 2 aliphatic heterocycles. The van der Waals surface area contributed by atoms with Gasteiger partial charge in [-0.2, -0.15) is 0 Å². The van der Waals surface area contributed by atoms with Gasteiger partial charge in [0.25, 0.3) is 5.91 Å². The van der Waals surface area contributed by atoms with Gasteiger partial charge in [-0.1, -0.05) is 13.8 Å². The normalized spacial score (nSPS) is 26.0. The minimum absolute atomic E-state index is 0.296. The van der Waals surface area contributed by atoms with E-state index in [1.165, 1.54) is 28.0 Å². The molecule has 1 aromatic carbocycles. The number of aromatic nitrogens is 1. The second kappa shape index (κ2) is 6.95. The Morgan fingerprint density at radius 1 is 1.31 bits per heavy atom. The Balaban J connectivity index is 1.49. The summed E-state index contributed by atoms with van der Waals surface area (Å²) < 4.78 is 5.38. The first kappa shape index (κ1) is 17.4. The third-order valence-corrected chi connectivity index (χ3v) is 6.02. The van der Waals surface area contributed by atoms with Crippen LogP contribution in [-0.4, -0.2) is 49.1 Å². The lowest BCUT2D eigenvalue weighted by molar-refractivity contribution is -0.904. The van der Waals surface area contributed by atoms with Crippen LogP contribution < -0.4 is 9.64 Å². The van der Waals surface area contributed by atoms with Gasteiger partial charge >= 0.3 is 0 Å². The van der Waals surface area contributed by atoms with Crippen LogP contribution in [0.15, 0.2) is 18.2 Å². The van der Waals surface area contributed by atoms with Gasteiger partial charge in [0.1, 0.15) is 5.75 Å². The number of quaternary nitrogens is 1. The van der Waals surface area contributed by atoms with Crippen LogP contribution in [0, 0.1) is 11.8 Å². The summed E-state index contributed by atoms with van der Waals surface area (Å²) in [6, 6.07) is 6.13. The van der Waals surface area contributed by atoms with Crippen molar-refractivity contribution in [3.8, 4) is 5.75 Å². The standard InChI is InChI=1S/C21H29N3O2/c1-14-8-15(2)11-23(10-14)13-21(25)24-7-6-20-18(12-24)17-9-16(26-3)4-5-19(17)22-20/h4-5,9,14-15,22H,6-8,10-13H2,1-3H3/p+1/t14-,15-/m0/s1. The first-order valence-corrected chi connectivity index (χ1v) is 9.82. The Morgan fingerprint density at radius 3 is 2.81 bits per heavy atom. The zero-order valence-corrected chi connectivity index (χ0v) is 16.1. The monoisotopic (exact) mass is 356 g/mol. The van der Waals surface area contributed by atoms with Gasteiger partial charge in [-0.05, 0) is 24.6 Å². The Labute approximate surface area is 155 Å². The van der Waals surface area contributed by atoms with Crippen LogP contribution in [0.25, 0.3) is 10.9 Å². The van der Waals surface area contributed by atoms with Gasteiger partial charge in [0.05, 0.1) is 20.2 Å². The number of benzene rings is 1. The second-order valence-corrected chi connectivity index (χ2v) is 8.34. The summed E-state index contributed by atoms with van der Waals surface area (Å²) in [7, 11) is 1.69. The van der Waals surface area contributed by atoms with Crippen LogP contribution in [-0.2, 0) is 17.8 Å². The number of amides is 1. The topological polar surface area (TPSA) is 49.8 Å². The fraction of sp³-hybridized carbons (Fsp3) is 0.571. The number of nitrogens with one attached hydrogen (secondary N) is 2. The second-order valence-electron chi connectivity index (χ2n) is 8.34. The number of methoxy groups -OCH3 is 1. The number of ether oxygens (including phenoxy) is 1. The number of piperidine rings is 1. The van der Waals surface area contributed by atoms with Gasteiger partial charge < -0.3 is 19.5 Å². The molecule has 5 nitrogen and oxygen atoms in total. The van der Waals surface area contributed by atoms with E-state index < -0.39 is 0 Å². The number of carbonyl (C=O) groups excluding carboxylic acids is 1. The largest absolute Gasteiger partial charge is 0.497 e. The van der Waals surface area contributed by atoms with Gasteiger partial charge in [0.2, 0.25) is 0 Å². The first-order valence-electron chi connectivity index (χ1n) is 9.82. The highest BCUT2D eigenvalue weighted by atomic mass is 16.5. The molecule has 2 aromatic rings. The number of hydrogen-bond acceptors (Lipinski definition) is 2. The van der Waals surface area contributed by atoms with Crippen LogP contribution in [0.5, 0.6) is 5.75 Å². The lowest BCUT2D eigenvalue weighted by Crippen LogP contribution is -3.15. The molecule has 0 spiro atoms. The number of hydrogen-bond donors (Lipinski definition) is 2. The SMILES string of the molecule is COc1ccc2[nH]c3c(c2c1)CN(C(=O)C[NH+]1C[C@@H](C)C[C@H](C)C1)CC3. The molecule has 1 saturated heterocycles. The highest BCUT2D eigenvalue weighted by Gasteiger charge is 2.30. The number of nitrogens with zero attached hydrogens (tertiary/aromatic N) is 1. The van der Waals surface area contributed by atoms with Gasteiger partial charge in [0.15, 0.2) is 6.54 Å². The Bertz CT molecular complexity index is 803. The predicted molar refractivity (Wildman–Crippen MR) is 102 cm³/mol. The van der Waals surface area contributed by atoms with E-state index >= 15 is 0 Å².